The molecule has 102 valence electrons. The van der Waals surface area contributed by atoms with Gasteiger partial charge < -0.3 is 10.5 Å². The molecule has 2 N–H and O–H groups in total. The van der Waals surface area contributed by atoms with Gasteiger partial charge in [-0.25, -0.2) is 0 Å². The van der Waals surface area contributed by atoms with Crippen molar-refractivity contribution in [3.8, 4) is 5.75 Å². The molecule has 1 atom stereocenters. The van der Waals surface area contributed by atoms with Crippen molar-refractivity contribution >= 4 is 5.69 Å². The van der Waals surface area contributed by atoms with Crippen molar-refractivity contribution in [2.45, 2.75) is 53.4 Å². The third-order valence-electron chi connectivity index (χ3n) is 3.58. The lowest BCUT2D eigenvalue weighted by Gasteiger charge is -2.17. The molecule has 1 aromatic carbocycles. The molecule has 0 spiro atoms. The molecule has 0 heterocycles. The van der Waals surface area contributed by atoms with E-state index in [1.54, 1.807) is 0 Å². The number of anilines is 1. The van der Waals surface area contributed by atoms with E-state index in [0.717, 1.165) is 29.2 Å². The summed E-state index contributed by atoms with van der Waals surface area (Å²) in [5.74, 6) is 1.65. The van der Waals surface area contributed by atoms with E-state index in [1.807, 2.05) is 13.0 Å². The molecule has 0 aromatic heterocycles. The number of benzene rings is 1. The molecule has 0 aliphatic carbocycles. The number of hydrogen-bond donors (Lipinski definition) is 1. The fourth-order valence-electron chi connectivity index (χ4n) is 2.07. The minimum atomic E-state index is 0.669. The SMILES string of the molecule is CCCCC(CC)COc1cc(C)c(N)cc1C. The van der Waals surface area contributed by atoms with Crippen LogP contribution in [0.2, 0.25) is 0 Å². The van der Waals surface area contributed by atoms with Gasteiger partial charge >= 0.3 is 0 Å². The van der Waals surface area contributed by atoms with Crippen molar-refractivity contribution in [2.75, 3.05) is 12.3 Å². The highest BCUT2D eigenvalue weighted by Crippen LogP contribution is 2.25. The zero-order valence-electron chi connectivity index (χ0n) is 12.3. The first-order valence-corrected chi connectivity index (χ1v) is 7.08. The number of nitrogens with two attached hydrogens (primary N) is 1. The molecular weight excluding hydrogens is 222 g/mol. The number of aryl methyl sites for hydroxylation is 2. The molecule has 0 aliphatic rings. The Labute approximate surface area is 112 Å². The maximum atomic E-state index is 5.97. The number of hydrogen-bond acceptors (Lipinski definition) is 2. The van der Waals surface area contributed by atoms with Gasteiger partial charge in [-0.05, 0) is 49.4 Å². The van der Waals surface area contributed by atoms with E-state index in [1.165, 1.54) is 25.7 Å². The summed E-state index contributed by atoms with van der Waals surface area (Å²) < 4.78 is 5.97. The van der Waals surface area contributed by atoms with Gasteiger partial charge in [0.05, 0.1) is 6.61 Å². The normalized spacial score (nSPS) is 12.4. The lowest BCUT2D eigenvalue weighted by atomic mass is 10.0. The fraction of sp³-hybridized carbons (Fsp3) is 0.625. The van der Waals surface area contributed by atoms with Crippen LogP contribution in [-0.2, 0) is 0 Å². The van der Waals surface area contributed by atoms with E-state index in [9.17, 15) is 0 Å². The molecule has 2 heteroatoms. The highest BCUT2D eigenvalue weighted by molar-refractivity contribution is 5.53. The predicted molar refractivity (Wildman–Crippen MR) is 79.1 cm³/mol. The van der Waals surface area contributed by atoms with E-state index in [0.29, 0.717) is 5.92 Å². The maximum Gasteiger partial charge on any atom is 0.122 e. The van der Waals surface area contributed by atoms with Gasteiger partial charge in [-0.2, -0.15) is 0 Å². The van der Waals surface area contributed by atoms with Crippen LogP contribution in [-0.4, -0.2) is 6.61 Å². The van der Waals surface area contributed by atoms with Crippen molar-refractivity contribution in [3.05, 3.63) is 23.3 Å². The average Bonchev–Trinajstić information content (AvgIpc) is 2.35. The van der Waals surface area contributed by atoms with Gasteiger partial charge in [0.15, 0.2) is 0 Å². The number of ether oxygens (including phenoxy) is 1. The number of unbranched alkanes of at least 4 members (excludes halogenated alkanes) is 1. The first kappa shape index (κ1) is 14.9. The van der Waals surface area contributed by atoms with Crippen LogP contribution in [0.3, 0.4) is 0 Å². The third kappa shape index (κ3) is 4.25. The summed E-state index contributed by atoms with van der Waals surface area (Å²) in [5.41, 5.74) is 8.95. The average molecular weight is 249 g/mol. The summed E-state index contributed by atoms with van der Waals surface area (Å²) in [7, 11) is 0. The second-order valence-corrected chi connectivity index (χ2v) is 5.20. The van der Waals surface area contributed by atoms with Crippen LogP contribution in [0.5, 0.6) is 5.75 Å². The summed E-state index contributed by atoms with van der Waals surface area (Å²) in [4.78, 5) is 0. The Hall–Kier alpha value is -1.18. The minimum absolute atomic E-state index is 0.669. The standard InChI is InChI=1S/C16H27NO/c1-5-7-8-14(6-2)11-18-16-10-12(3)15(17)9-13(16)4/h9-10,14H,5-8,11,17H2,1-4H3. The predicted octanol–water partition coefficient (Wildman–Crippen LogP) is 4.48. The molecule has 1 aromatic rings. The zero-order valence-corrected chi connectivity index (χ0v) is 12.3. The highest BCUT2D eigenvalue weighted by Gasteiger charge is 2.09. The van der Waals surface area contributed by atoms with Gasteiger partial charge in [0.2, 0.25) is 0 Å². The van der Waals surface area contributed by atoms with Gasteiger partial charge in [0.1, 0.15) is 5.75 Å². The Bertz CT molecular complexity index is 374. The van der Waals surface area contributed by atoms with Crippen LogP contribution < -0.4 is 10.5 Å². The smallest absolute Gasteiger partial charge is 0.122 e. The van der Waals surface area contributed by atoms with Crippen molar-refractivity contribution < 1.29 is 4.74 Å². The Kier molecular flexibility index (Phi) is 6.03. The third-order valence-corrected chi connectivity index (χ3v) is 3.58. The van der Waals surface area contributed by atoms with Crippen LogP contribution in [0.1, 0.15) is 50.7 Å². The summed E-state index contributed by atoms with van der Waals surface area (Å²) >= 11 is 0. The van der Waals surface area contributed by atoms with Gasteiger partial charge in [-0.3, -0.25) is 0 Å². The molecule has 2 nitrogen and oxygen atoms in total. The number of nitrogen functional groups attached to an aromatic ring is 1. The second kappa shape index (κ2) is 7.30. The first-order valence-electron chi connectivity index (χ1n) is 7.08. The molecule has 0 aliphatic heterocycles. The van der Waals surface area contributed by atoms with E-state index in [-0.39, 0.29) is 0 Å². The lowest BCUT2D eigenvalue weighted by Crippen LogP contribution is -2.12. The minimum Gasteiger partial charge on any atom is -0.493 e. The highest BCUT2D eigenvalue weighted by atomic mass is 16.5. The van der Waals surface area contributed by atoms with Crippen molar-refractivity contribution in [2.24, 2.45) is 5.92 Å². The molecule has 0 amide bonds. The van der Waals surface area contributed by atoms with Crippen LogP contribution in [0.4, 0.5) is 5.69 Å². The molecule has 18 heavy (non-hydrogen) atoms. The Morgan fingerprint density at radius 3 is 2.50 bits per heavy atom. The fourth-order valence-corrected chi connectivity index (χ4v) is 2.07. The number of rotatable bonds is 7. The molecule has 0 saturated carbocycles. The molecule has 0 saturated heterocycles. The van der Waals surface area contributed by atoms with Crippen LogP contribution in [0, 0.1) is 19.8 Å². The molecular formula is C16H27NO. The van der Waals surface area contributed by atoms with Crippen LogP contribution in [0.15, 0.2) is 12.1 Å². The quantitative estimate of drug-likeness (QED) is 0.723. The first-order chi connectivity index (χ1) is 8.58. The molecule has 1 unspecified atom stereocenters. The molecule has 0 bridgehead atoms. The molecule has 0 radical (unpaired) electrons. The van der Waals surface area contributed by atoms with Crippen LogP contribution in [0.25, 0.3) is 0 Å². The Balaban J connectivity index is 2.59. The van der Waals surface area contributed by atoms with Crippen molar-refractivity contribution in [1.29, 1.82) is 0 Å². The maximum absolute atomic E-state index is 5.97. The van der Waals surface area contributed by atoms with E-state index >= 15 is 0 Å². The van der Waals surface area contributed by atoms with Crippen molar-refractivity contribution in [3.63, 3.8) is 0 Å². The van der Waals surface area contributed by atoms with E-state index in [4.69, 9.17) is 10.5 Å². The Morgan fingerprint density at radius 1 is 1.17 bits per heavy atom. The zero-order chi connectivity index (χ0) is 13.5. The molecule has 1 rings (SSSR count). The van der Waals surface area contributed by atoms with Gasteiger partial charge in [0, 0.05) is 5.69 Å². The van der Waals surface area contributed by atoms with Crippen molar-refractivity contribution in [1.82, 2.24) is 0 Å². The van der Waals surface area contributed by atoms with Gasteiger partial charge in [0.25, 0.3) is 0 Å². The van der Waals surface area contributed by atoms with Crippen LogP contribution >= 0.6 is 0 Å². The van der Waals surface area contributed by atoms with E-state index in [2.05, 4.69) is 26.8 Å². The monoisotopic (exact) mass is 249 g/mol. The topological polar surface area (TPSA) is 35.2 Å². The summed E-state index contributed by atoms with van der Waals surface area (Å²) in [6.45, 7) is 9.38. The van der Waals surface area contributed by atoms with Gasteiger partial charge in [-0.15, -0.1) is 0 Å². The Morgan fingerprint density at radius 2 is 1.89 bits per heavy atom. The largest absolute Gasteiger partial charge is 0.493 e. The summed E-state index contributed by atoms with van der Waals surface area (Å²) in [5, 5.41) is 0. The second-order valence-electron chi connectivity index (χ2n) is 5.20. The summed E-state index contributed by atoms with van der Waals surface area (Å²) in [6.07, 6.45) is 5.01. The van der Waals surface area contributed by atoms with E-state index < -0.39 is 0 Å². The van der Waals surface area contributed by atoms with Gasteiger partial charge in [-0.1, -0.05) is 33.1 Å². The lowest BCUT2D eigenvalue weighted by molar-refractivity contribution is 0.232. The summed E-state index contributed by atoms with van der Waals surface area (Å²) in [6, 6.07) is 4.05. The molecule has 0 fully saturated rings.